The normalized spacial score (nSPS) is 22.1. The first kappa shape index (κ1) is 15.4. The molecule has 3 N–H and O–H groups in total. The van der Waals surface area contributed by atoms with E-state index in [1.807, 2.05) is 6.07 Å². The fourth-order valence-corrected chi connectivity index (χ4v) is 5.21. The van der Waals surface area contributed by atoms with Crippen LogP contribution in [-0.2, 0) is 12.8 Å². The maximum atomic E-state index is 11.7. The van der Waals surface area contributed by atoms with Crippen molar-refractivity contribution in [2.24, 2.45) is 0 Å². The maximum absolute atomic E-state index is 11.7. The van der Waals surface area contributed by atoms with Crippen molar-refractivity contribution in [1.29, 1.82) is 0 Å². The zero-order valence-corrected chi connectivity index (χ0v) is 13.9. The van der Waals surface area contributed by atoms with E-state index in [9.17, 15) is 19.8 Å². The highest BCUT2D eigenvalue weighted by atomic mass is 32.2. The molecule has 0 aromatic heterocycles. The summed E-state index contributed by atoms with van der Waals surface area (Å²) < 4.78 is 0. The minimum Gasteiger partial charge on any atom is -0.465 e. The Hall–Kier alpha value is -2.09. The first-order valence-electron chi connectivity index (χ1n) is 8.09. The van der Waals surface area contributed by atoms with Crippen LogP contribution < -0.4 is 5.32 Å². The number of hydrogen-bond donors (Lipinski definition) is 3. The molecule has 1 unspecified atom stereocenters. The highest BCUT2D eigenvalue weighted by Crippen LogP contribution is 2.45. The number of fused-ring (bicyclic) bond motifs is 3. The van der Waals surface area contributed by atoms with Gasteiger partial charge in [-0.1, -0.05) is 0 Å². The van der Waals surface area contributed by atoms with Gasteiger partial charge in [0.05, 0.1) is 6.04 Å². The molecule has 0 bridgehead atoms. The van der Waals surface area contributed by atoms with E-state index in [0.717, 1.165) is 36.4 Å². The van der Waals surface area contributed by atoms with Crippen molar-refractivity contribution < 1.29 is 19.8 Å². The van der Waals surface area contributed by atoms with Crippen molar-refractivity contribution in [1.82, 2.24) is 9.80 Å². The van der Waals surface area contributed by atoms with Crippen LogP contribution in [0.15, 0.2) is 11.0 Å². The number of thioether (sulfide) groups is 1. The summed E-state index contributed by atoms with van der Waals surface area (Å²) in [5, 5.41) is 22.3. The average molecular weight is 349 g/mol. The zero-order valence-electron chi connectivity index (χ0n) is 13.1. The van der Waals surface area contributed by atoms with Gasteiger partial charge >= 0.3 is 12.2 Å². The van der Waals surface area contributed by atoms with E-state index >= 15 is 0 Å². The SMILES string of the molecule is O=C(O)N1CCN(C(=O)O)C(c2cc3c(c4c2SCC4)CCN3)C1. The van der Waals surface area contributed by atoms with Crippen LogP contribution in [0.2, 0.25) is 0 Å². The van der Waals surface area contributed by atoms with Crippen LogP contribution in [0.4, 0.5) is 15.3 Å². The fraction of sp³-hybridized carbons (Fsp3) is 0.500. The van der Waals surface area contributed by atoms with Crippen LogP contribution in [0.5, 0.6) is 0 Å². The number of carboxylic acid groups (broad SMARTS) is 2. The number of hydrogen-bond acceptors (Lipinski definition) is 4. The lowest BCUT2D eigenvalue weighted by molar-refractivity contribution is 0.0628. The summed E-state index contributed by atoms with van der Waals surface area (Å²) in [6, 6.07) is 1.60. The molecule has 0 saturated carbocycles. The predicted molar refractivity (Wildman–Crippen MR) is 90.1 cm³/mol. The molecule has 3 aliphatic rings. The van der Waals surface area contributed by atoms with E-state index in [1.165, 1.54) is 25.8 Å². The number of nitrogens with zero attached hydrogens (tertiary/aromatic N) is 2. The van der Waals surface area contributed by atoms with Gasteiger partial charge in [0.1, 0.15) is 0 Å². The highest BCUT2D eigenvalue weighted by molar-refractivity contribution is 7.99. The van der Waals surface area contributed by atoms with Gasteiger partial charge in [-0.15, -0.1) is 11.8 Å². The minimum atomic E-state index is -0.992. The number of nitrogens with one attached hydrogen (secondary N) is 1. The molecule has 1 saturated heterocycles. The number of anilines is 1. The summed E-state index contributed by atoms with van der Waals surface area (Å²) >= 11 is 1.76. The molecule has 7 nitrogen and oxygen atoms in total. The third kappa shape index (κ3) is 2.36. The van der Waals surface area contributed by atoms with Crippen molar-refractivity contribution in [3.05, 3.63) is 22.8 Å². The van der Waals surface area contributed by atoms with Crippen molar-refractivity contribution in [3.63, 3.8) is 0 Å². The van der Waals surface area contributed by atoms with Gasteiger partial charge in [-0.2, -0.15) is 0 Å². The lowest BCUT2D eigenvalue weighted by Gasteiger charge is -2.39. The van der Waals surface area contributed by atoms with Crippen LogP contribution in [0.25, 0.3) is 0 Å². The highest BCUT2D eigenvalue weighted by Gasteiger charge is 2.37. The average Bonchev–Trinajstić information content (AvgIpc) is 3.21. The Bertz CT molecular complexity index is 724. The molecule has 3 aliphatic heterocycles. The number of rotatable bonds is 1. The molecule has 0 spiro atoms. The summed E-state index contributed by atoms with van der Waals surface area (Å²) in [5.41, 5.74) is 4.72. The fourth-order valence-electron chi connectivity index (χ4n) is 3.94. The van der Waals surface area contributed by atoms with Crippen LogP contribution in [-0.4, -0.2) is 64.1 Å². The van der Waals surface area contributed by atoms with Gasteiger partial charge in [0.25, 0.3) is 0 Å². The van der Waals surface area contributed by atoms with Crippen molar-refractivity contribution in [2.75, 3.05) is 37.2 Å². The van der Waals surface area contributed by atoms with Gasteiger partial charge < -0.3 is 20.4 Å². The molecular weight excluding hydrogens is 330 g/mol. The Balaban J connectivity index is 1.79. The molecule has 24 heavy (non-hydrogen) atoms. The number of benzene rings is 1. The van der Waals surface area contributed by atoms with Gasteiger partial charge in [0.2, 0.25) is 0 Å². The maximum Gasteiger partial charge on any atom is 0.407 e. The van der Waals surface area contributed by atoms with E-state index < -0.39 is 18.2 Å². The Kier molecular flexibility index (Phi) is 3.71. The number of amides is 2. The third-order valence-electron chi connectivity index (χ3n) is 5.07. The molecular formula is C16H19N3O4S. The third-order valence-corrected chi connectivity index (χ3v) is 6.25. The Morgan fingerprint density at radius 1 is 1.17 bits per heavy atom. The van der Waals surface area contributed by atoms with Crippen LogP contribution in [0, 0.1) is 0 Å². The van der Waals surface area contributed by atoms with E-state index in [1.54, 1.807) is 11.8 Å². The molecule has 1 aromatic carbocycles. The molecule has 1 fully saturated rings. The zero-order chi connectivity index (χ0) is 16.8. The van der Waals surface area contributed by atoms with Gasteiger partial charge in [-0.25, -0.2) is 9.59 Å². The van der Waals surface area contributed by atoms with Crippen molar-refractivity contribution >= 4 is 29.6 Å². The van der Waals surface area contributed by atoms with E-state index in [-0.39, 0.29) is 19.6 Å². The van der Waals surface area contributed by atoms with Gasteiger partial charge in [-0.05, 0) is 35.6 Å². The van der Waals surface area contributed by atoms with Crippen LogP contribution in [0.3, 0.4) is 0 Å². The van der Waals surface area contributed by atoms with E-state index in [4.69, 9.17) is 0 Å². The van der Waals surface area contributed by atoms with E-state index in [0.29, 0.717) is 0 Å². The standard InChI is InChI=1S/C16H19N3O4S/c20-15(21)18-4-5-19(16(22)23)13(8-18)11-7-12-9(1-3-17-12)10-2-6-24-14(10)11/h7,13,17H,1-6,8H2,(H,20,21)(H,22,23). The second kappa shape index (κ2) is 5.77. The van der Waals surface area contributed by atoms with E-state index in [2.05, 4.69) is 5.32 Å². The molecule has 8 heteroatoms. The minimum absolute atomic E-state index is 0.188. The summed E-state index contributed by atoms with van der Waals surface area (Å²) in [7, 11) is 0. The molecule has 1 atom stereocenters. The first-order chi connectivity index (χ1) is 11.6. The predicted octanol–water partition coefficient (Wildman–Crippen LogP) is 2.32. The molecule has 0 aliphatic carbocycles. The van der Waals surface area contributed by atoms with Crippen LogP contribution in [0.1, 0.15) is 22.7 Å². The molecule has 128 valence electrons. The van der Waals surface area contributed by atoms with Gasteiger partial charge in [0.15, 0.2) is 0 Å². The summed E-state index contributed by atoms with van der Waals surface area (Å²) in [6.45, 7) is 1.52. The lowest BCUT2D eigenvalue weighted by Crippen LogP contribution is -2.51. The summed E-state index contributed by atoms with van der Waals surface area (Å²) in [4.78, 5) is 26.9. The number of carbonyl (C=O) groups is 2. The summed E-state index contributed by atoms with van der Waals surface area (Å²) in [5.74, 6) is 1.00. The Morgan fingerprint density at radius 3 is 2.75 bits per heavy atom. The van der Waals surface area contributed by atoms with Gasteiger partial charge in [-0.3, -0.25) is 4.90 Å². The largest absolute Gasteiger partial charge is 0.465 e. The summed E-state index contributed by atoms with van der Waals surface area (Å²) in [6.07, 6.45) is 0.0248. The number of piperazine rings is 1. The second-order valence-corrected chi connectivity index (χ2v) is 7.40. The Labute approximate surface area is 143 Å². The quantitative estimate of drug-likeness (QED) is 0.720. The smallest absolute Gasteiger partial charge is 0.407 e. The monoisotopic (exact) mass is 349 g/mol. The molecule has 0 radical (unpaired) electrons. The molecule has 4 rings (SSSR count). The molecule has 1 aromatic rings. The van der Waals surface area contributed by atoms with Gasteiger partial charge in [0, 0.05) is 42.5 Å². The van der Waals surface area contributed by atoms with Crippen molar-refractivity contribution in [2.45, 2.75) is 23.8 Å². The Morgan fingerprint density at radius 2 is 2.00 bits per heavy atom. The molecule has 3 heterocycles. The first-order valence-corrected chi connectivity index (χ1v) is 9.07. The second-order valence-electron chi connectivity index (χ2n) is 6.30. The van der Waals surface area contributed by atoms with Crippen LogP contribution >= 0.6 is 11.8 Å². The van der Waals surface area contributed by atoms with Crippen molar-refractivity contribution in [3.8, 4) is 0 Å². The lowest BCUT2D eigenvalue weighted by atomic mass is 9.94. The topological polar surface area (TPSA) is 93.1 Å². The molecule has 2 amide bonds.